The quantitative estimate of drug-likeness (QED) is 0.0274. The zero-order valence-electron chi connectivity index (χ0n) is 97.7. The summed E-state index contributed by atoms with van der Waals surface area (Å²) in [7, 11) is -5.59. The minimum atomic E-state index is -1.88. The van der Waals surface area contributed by atoms with Crippen LogP contribution in [0.15, 0.2) is 109 Å². The molecule has 145 heavy (non-hydrogen) atoms. The van der Waals surface area contributed by atoms with E-state index in [2.05, 4.69) is 241 Å². The largest absolute Gasteiger partial charge is 0.463 e. The molecule has 0 spiro atoms. The zero-order chi connectivity index (χ0) is 104. The van der Waals surface area contributed by atoms with Gasteiger partial charge in [0.1, 0.15) is 34.5 Å². The molecule has 0 fully saturated rings. The smallest absolute Gasteiger partial charge is 0.417 e. The summed E-state index contributed by atoms with van der Waals surface area (Å²) in [4.78, 5) is 0. The highest BCUT2D eigenvalue weighted by Crippen LogP contribution is 2.54. The minimum absolute atomic E-state index is 0.0749. The Bertz CT molecular complexity index is 4000. The molecule has 0 aliphatic heterocycles. The van der Waals surface area contributed by atoms with Gasteiger partial charge >= 0.3 is 25.8 Å². The van der Waals surface area contributed by atoms with Gasteiger partial charge in [-0.1, -0.05) is 569 Å². The van der Waals surface area contributed by atoms with E-state index in [0.717, 1.165) is 135 Å². The van der Waals surface area contributed by atoms with Crippen LogP contribution < -0.4 is 27.1 Å². The highest BCUT2D eigenvalue weighted by Gasteiger charge is 2.35. The summed E-state index contributed by atoms with van der Waals surface area (Å²) in [6.07, 6.45) is 89.6. The fraction of sp³-hybridized carbons (Fsp3) is 0.729. The molecule has 0 aromatic heterocycles. The van der Waals surface area contributed by atoms with Crippen molar-refractivity contribution in [3.05, 3.63) is 176 Å². The second-order valence-corrected chi connectivity index (χ2v) is 50.3. The summed E-state index contributed by atoms with van der Waals surface area (Å²) in [5, 5.41) is 0. The molecule has 9 nitrogen and oxygen atoms in total. The van der Waals surface area contributed by atoms with Crippen LogP contribution in [0.4, 0.5) is 0 Å². The molecular formula is C133H223O9P3. The second-order valence-electron chi connectivity index (χ2n) is 47.1. The SMILES string of the molecule is CCCCCCCCCCCCCCCCCCOP(Oc1ccccc1CCCCCCCC)Oc1cc(C)c(C(C)CC(c2cc(C(C)(C)C)c(OP(OCCCCCCCCCCCCCCCCCC)Oc3ccccc3CCCCCCCC)cc2C)c2cc(C(C)(C)C)c(OP(OCCCCCCCCCCCCCCCCCC)Oc3ccccc3CCCCCCCC)cc2C)cc1C(C)(C)C. The van der Waals surface area contributed by atoms with Gasteiger partial charge in [-0.3, -0.25) is 13.6 Å². The van der Waals surface area contributed by atoms with Crippen molar-refractivity contribution in [2.45, 2.75) is 609 Å². The number of para-hydroxylation sites is 3. The number of rotatable bonds is 92. The van der Waals surface area contributed by atoms with Crippen molar-refractivity contribution >= 4 is 25.8 Å². The third kappa shape index (κ3) is 56.6. The van der Waals surface area contributed by atoms with Crippen molar-refractivity contribution in [2.75, 3.05) is 19.8 Å². The number of unbranched alkanes of at least 4 members (excludes halogenated alkanes) is 60. The number of hydrogen-bond acceptors (Lipinski definition) is 9. The van der Waals surface area contributed by atoms with Gasteiger partial charge in [0.2, 0.25) is 0 Å². The van der Waals surface area contributed by atoms with Gasteiger partial charge in [0, 0.05) is 22.6 Å². The topological polar surface area (TPSA) is 83.1 Å². The van der Waals surface area contributed by atoms with Crippen molar-refractivity contribution < 1.29 is 40.7 Å². The highest BCUT2D eigenvalue weighted by atomic mass is 31.2. The predicted octanol–water partition coefficient (Wildman–Crippen LogP) is 46.4. The third-order valence-corrected chi connectivity index (χ3v) is 33.6. The van der Waals surface area contributed by atoms with Crippen LogP contribution >= 0.6 is 25.8 Å². The van der Waals surface area contributed by atoms with Crippen LogP contribution in [0.2, 0.25) is 0 Å². The molecule has 0 N–H and O–H groups in total. The summed E-state index contributed by atoms with van der Waals surface area (Å²) >= 11 is 0. The zero-order valence-corrected chi connectivity index (χ0v) is 100. The Hall–Kier alpha value is -4.71. The van der Waals surface area contributed by atoms with E-state index in [1.165, 1.54) is 416 Å². The van der Waals surface area contributed by atoms with Crippen molar-refractivity contribution in [1.82, 2.24) is 0 Å². The molecule has 0 aliphatic rings. The first kappa shape index (κ1) is 129. The molecule has 0 heterocycles. The van der Waals surface area contributed by atoms with Gasteiger partial charge in [-0.05, 0) is 194 Å². The monoisotopic (exact) mass is 2060 g/mol. The van der Waals surface area contributed by atoms with Gasteiger partial charge in [0.15, 0.2) is 0 Å². The van der Waals surface area contributed by atoms with E-state index in [1.807, 2.05) is 0 Å². The third-order valence-electron chi connectivity index (χ3n) is 30.3. The molecular weight excluding hydrogens is 1830 g/mol. The van der Waals surface area contributed by atoms with Crippen molar-refractivity contribution in [1.29, 1.82) is 0 Å². The maximum atomic E-state index is 7.51. The molecule has 0 saturated carbocycles. The first-order valence-electron chi connectivity index (χ1n) is 61.5. The Kier molecular flexibility index (Phi) is 71.3. The van der Waals surface area contributed by atoms with Gasteiger partial charge in [-0.15, -0.1) is 0 Å². The van der Waals surface area contributed by atoms with E-state index < -0.39 is 25.8 Å². The molecule has 0 saturated heterocycles. The van der Waals surface area contributed by atoms with E-state index in [9.17, 15) is 0 Å². The fourth-order valence-corrected chi connectivity index (χ4v) is 24.2. The average molecular weight is 2060 g/mol. The molecule has 0 amide bonds. The summed E-state index contributed by atoms with van der Waals surface area (Å²) in [6, 6.07) is 40.6. The Labute approximate surface area is 899 Å². The minimum Gasteiger partial charge on any atom is -0.417 e. The number of aryl methyl sites for hydroxylation is 6. The predicted molar refractivity (Wildman–Crippen MR) is 636 cm³/mol. The maximum Gasteiger partial charge on any atom is 0.463 e. The fourth-order valence-electron chi connectivity index (χ4n) is 21.0. The summed E-state index contributed by atoms with van der Waals surface area (Å²) < 4.78 is 65.1. The van der Waals surface area contributed by atoms with Crippen LogP contribution in [-0.4, -0.2) is 19.8 Å². The summed E-state index contributed by atoms with van der Waals surface area (Å²) in [5.74, 6) is 5.09. The lowest BCUT2D eigenvalue weighted by Crippen LogP contribution is -2.19. The van der Waals surface area contributed by atoms with Crippen LogP contribution in [0.5, 0.6) is 34.5 Å². The van der Waals surface area contributed by atoms with E-state index in [0.29, 0.717) is 19.8 Å². The van der Waals surface area contributed by atoms with Crippen LogP contribution in [0, 0.1) is 20.8 Å². The Morgan fingerprint density at radius 1 is 0.214 bits per heavy atom. The molecule has 4 atom stereocenters. The number of hydrogen-bond donors (Lipinski definition) is 0. The second kappa shape index (κ2) is 80.2. The van der Waals surface area contributed by atoms with Gasteiger partial charge in [0.25, 0.3) is 0 Å². The number of benzene rings is 6. The molecule has 6 aromatic carbocycles. The van der Waals surface area contributed by atoms with Crippen LogP contribution in [0.3, 0.4) is 0 Å². The van der Waals surface area contributed by atoms with E-state index in [1.54, 1.807) is 0 Å². The summed E-state index contributed by atoms with van der Waals surface area (Å²) in [5.41, 5.74) is 13.5. The maximum absolute atomic E-state index is 7.51. The van der Waals surface area contributed by atoms with Gasteiger partial charge in [-0.2, -0.15) is 0 Å². The Morgan fingerprint density at radius 2 is 0.393 bits per heavy atom. The van der Waals surface area contributed by atoms with Gasteiger partial charge in [0.05, 0.1) is 19.8 Å². The lowest BCUT2D eigenvalue weighted by molar-refractivity contribution is 0.255. The standard InChI is InChI=1S/C133H223O9P3/c1-20-26-32-38-44-47-50-53-56-59-62-65-68-71-77-89-101-134-143(137-125-98-86-83-95-115(125)92-80-74-41-35-29-23-4)140-128-105-112(8)118(108-122(128)131(11,12)13)111(7)104-121(119-109-123(132(14,15)16)129(106-113(119)9)141-144(138-126-99-87-84-96-116(126)93-81-75-42-36-30-24-5)135-102-90-78-72-69-66-63-60-57-54-51-48-45-39-33-27-21-2)120-110-124(133(17,18)19)130(107-114(120)10)142-145(139-127-100-88-85-97-117(127)94-82-76-43-37-31-25-6)136-103-91-79-73-70-67-64-61-58-55-52-49-46-40-34-28-22-3/h83-88,95-100,105-111,121H,20-82,89-94,101-104H2,1-19H3. The van der Waals surface area contributed by atoms with Crippen molar-refractivity contribution in [3.8, 4) is 34.5 Å². The van der Waals surface area contributed by atoms with E-state index >= 15 is 0 Å². The van der Waals surface area contributed by atoms with Crippen LogP contribution in [0.25, 0.3) is 0 Å². The first-order valence-corrected chi connectivity index (χ1v) is 64.8. The van der Waals surface area contributed by atoms with Crippen LogP contribution in [-0.2, 0) is 49.1 Å². The molecule has 6 aromatic rings. The summed E-state index contributed by atoms with van der Waals surface area (Å²) in [6.45, 7) is 46.2. The molecule has 0 radical (unpaired) electrons. The van der Waals surface area contributed by atoms with Crippen molar-refractivity contribution in [3.63, 3.8) is 0 Å². The molecule has 12 heteroatoms. The van der Waals surface area contributed by atoms with E-state index in [4.69, 9.17) is 40.7 Å². The normalized spacial score (nSPS) is 13.1. The van der Waals surface area contributed by atoms with Gasteiger partial charge < -0.3 is 27.1 Å². The molecule has 6 rings (SSSR count). The van der Waals surface area contributed by atoms with E-state index in [-0.39, 0.29) is 28.1 Å². The molecule has 4 unspecified atom stereocenters. The Balaban J connectivity index is 1.41. The lowest BCUT2D eigenvalue weighted by atomic mass is 9.74. The molecule has 824 valence electrons. The molecule has 0 aliphatic carbocycles. The van der Waals surface area contributed by atoms with Gasteiger partial charge in [-0.25, -0.2) is 0 Å². The highest BCUT2D eigenvalue weighted by molar-refractivity contribution is 7.43. The lowest BCUT2D eigenvalue weighted by Gasteiger charge is -2.33. The first-order chi connectivity index (χ1) is 70.4. The molecule has 0 bridgehead atoms. The average Bonchev–Trinajstić information content (AvgIpc) is 0.757. The Morgan fingerprint density at radius 3 is 0.607 bits per heavy atom. The van der Waals surface area contributed by atoms with Crippen molar-refractivity contribution in [2.24, 2.45) is 0 Å². The van der Waals surface area contributed by atoms with Crippen LogP contribution in [0.1, 0.15) is 620 Å².